The lowest BCUT2D eigenvalue weighted by Crippen LogP contribution is -2.62. The van der Waals surface area contributed by atoms with Crippen LogP contribution in [0, 0.1) is 22.7 Å². The first-order valence-corrected chi connectivity index (χ1v) is 15.5. The number of amides is 2. The maximum atomic E-state index is 13.8. The summed E-state index contributed by atoms with van der Waals surface area (Å²) in [4.78, 5) is 38.0. The zero-order valence-electron chi connectivity index (χ0n) is 24.0. The van der Waals surface area contributed by atoms with Crippen LogP contribution in [0.15, 0.2) is 0 Å². The summed E-state index contributed by atoms with van der Waals surface area (Å²) < 4.78 is 24.8. The number of piperidine rings is 2. The van der Waals surface area contributed by atoms with Crippen molar-refractivity contribution in [2.45, 2.75) is 50.7 Å². The molecule has 0 saturated carbocycles. The minimum atomic E-state index is -0.950. The zero-order chi connectivity index (χ0) is 28.0. The summed E-state index contributed by atoms with van der Waals surface area (Å²) in [5.74, 6) is 0.675. The number of alkyl halides is 1. The Morgan fingerprint density at radius 1 is 0.800 bits per heavy atom. The van der Waals surface area contributed by atoms with Crippen LogP contribution >= 0.6 is 0 Å². The van der Waals surface area contributed by atoms with Gasteiger partial charge in [0, 0.05) is 91.8 Å². The number of piperazine rings is 1. The van der Waals surface area contributed by atoms with Crippen LogP contribution in [-0.2, 0) is 19.1 Å². The van der Waals surface area contributed by atoms with Crippen molar-refractivity contribution in [2.75, 3.05) is 105 Å². The molecule has 5 fully saturated rings. The molecule has 11 heteroatoms. The van der Waals surface area contributed by atoms with E-state index < -0.39 is 11.6 Å². The largest absolute Gasteiger partial charge is 0.381 e. The summed E-state index contributed by atoms with van der Waals surface area (Å²) >= 11 is 0. The number of carbonyl (C=O) groups excluding carboxylic acids is 2. The van der Waals surface area contributed by atoms with Crippen molar-refractivity contribution in [3.05, 3.63) is 0 Å². The third-order valence-corrected chi connectivity index (χ3v) is 9.79. The first kappa shape index (κ1) is 29.6. The second-order valence-electron chi connectivity index (χ2n) is 12.3. The Morgan fingerprint density at radius 3 is 2.05 bits per heavy atom. The van der Waals surface area contributed by atoms with Gasteiger partial charge in [-0.25, -0.2) is 4.39 Å². The average molecular weight is 563 g/mol. The number of hydrogen-bond acceptors (Lipinski definition) is 8. The summed E-state index contributed by atoms with van der Waals surface area (Å²) in [6.07, 6.45) is 3.32. The SMILES string of the molecule is N#CC1(C(=O)N2CCN([C@@H](CN3CCOCC3)C(=O)N3CCC(F)CC3)CC2)CCN(CC2CCOCC2)CC1. The van der Waals surface area contributed by atoms with Gasteiger partial charge in [-0.2, -0.15) is 5.26 Å². The first-order chi connectivity index (χ1) is 19.5. The van der Waals surface area contributed by atoms with Gasteiger partial charge in [0.1, 0.15) is 17.6 Å². The van der Waals surface area contributed by atoms with Gasteiger partial charge in [-0.05, 0) is 44.4 Å². The maximum absolute atomic E-state index is 13.8. The van der Waals surface area contributed by atoms with Crippen molar-refractivity contribution in [3.8, 4) is 6.07 Å². The molecule has 2 amide bonds. The monoisotopic (exact) mass is 562 g/mol. The summed E-state index contributed by atoms with van der Waals surface area (Å²) in [6, 6.07) is 2.12. The quantitative estimate of drug-likeness (QED) is 0.451. The molecule has 1 atom stereocenters. The van der Waals surface area contributed by atoms with Crippen LogP contribution < -0.4 is 0 Å². The highest BCUT2D eigenvalue weighted by molar-refractivity contribution is 5.86. The van der Waals surface area contributed by atoms with E-state index in [2.05, 4.69) is 20.8 Å². The molecule has 0 spiro atoms. The molecular weight excluding hydrogens is 515 g/mol. The van der Waals surface area contributed by atoms with Gasteiger partial charge in [0.05, 0.1) is 19.3 Å². The molecule has 0 bridgehead atoms. The van der Waals surface area contributed by atoms with Gasteiger partial charge in [0.2, 0.25) is 11.8 Å². The lowest BCUT2D eigenvalue weighted by Gasteiger charge is -2.45. The van der Waals surface area contributed by atoms with E-state index in [9.17, 15) is 19.2 Å². The fourth-order valence-electron chi connectivity index (χ4n) is 6.98. The molecule has 0 aromatic carbocycles. The Morgan fingerprint density at radius 2 is 1.43 bits per heavy atom. The van der Waals surface area contributed by atoms with Gasteiger partial charge in [0.25, 0.3) is 0 Å². The van der Waals surface area contributed by atoms with E-state index in [0.29, 0.717) is 90.6 Å². The predicted octanol–water partition coefficient (Wildman–Crippen LogP) is 0.824. The molecule has 0 radical (unpaired) electrons. The lowest BCUT2D eigenvalue weighted by atomic mass is 9.78. The van der Waals surface area contributed by atoms with Crippen LogP contribution in [0.2, 0.25) is 0 Å². The molecule has 0 aliphatic carbocycles. The smallest absolute Gasteiger partial charge is 0.243 e. The Hall–Kier alpha value is -1.84. The number of carbonyl (C=O) groups is 2. The van der Waals surface area contributed by atoms with E-state index in [1.165, 1.54) is 0 Å². The van der Waals surface area contributed by atoms with Gasteiger partial charge < -0.3 is 24.2 Å². The Kier molecular flexibility index (Phi) is 10.3. The molecule has 5 aliphatic heterocycles. The number of nitrogens with zero attached hydrogens (tertiary/aromatic N) is 6. The summed E-state index contributed by atoms with van der Waals surface area (Å²) in [5, 5.41) is 10.2. The van der Waals surface area contributed by atoms with Crippen LogP contribution in [-0.4, -0.2) is 153 Å². The lowest BCUT2D eigenvalue weighted by molar-refractivity contribution is -0.146. The maximum Gasteiger partial charge on any atom is 0.243 e. The highest BCUT2D eigenvalue weighted by atomic mass is 19.1. The fourth-order valence-corrected chi connectivity index (χ4v) is 6.98. The van der Waals surface area contributed by atoms with Crippen LogP contribution in [0.25, 0.3) is 0 Å². The van der Waals surface area contributed by atoms with Gasteiger partial charge in [-0.1, -0.05) is 0 Å². The van der Waals surface area contributed by atoms with Crippen molar-refractivity contribution in [1.82, 2.24) is 24.5 Å². The van der Waals surface area contributed by atoms with Crippen LogP contribution in [0.4, 0.5) is 4.39 Å². The van der Waals surface area contributed by atoms with Gasteiger partial charge in [0.15, 0.2) is 0 Å². The number of halogens is 1. The normalized spacial score (nSPS) is 27.3. The van der Waals surface area contributed by atoms with E-state index >= 15 is 0 Å². The zero-order valence-corrected chi connectivity index (χ0v) is 24.0. The Bertz CT molecular complexity index is 881. The Labute approximate surface area is 238 Å². The van der Waals surface area contributed by atoms with Crippen LogP contribution in [0.3, 0.4) is 0 Å². The van der Waals surface area contributed by atoms with E-state index in [1.54, 1.807) is 0 Å². The average Bonchev–Trinajstić information content (AvgIpc) is 3.01. The Balaban J connectivity index is 1.16. The van der Waals surface area contributed by atoms with Crippen molar-refractivity contribution in [3.63, 3.8) is 0 Å². The molecular formula is C29H47FN6O4. The van der Waals surface area contributed by atoms with Gasteiger partial charge in [-0.3, -0.25) is 19.4 Å². The molecule has 224 valence electrons. The van der Waals surface area contributed by atoms with E-state index in [1.807, 2.05) is 9.80 Å². The highest BCUT2D eigenvalue weighted by Gasteiger charge is 2.45. The van der Waals surface area contributed by atoms with Gasteiger partial charge >= 0.3 is 0 Å². The molecule has 5 heterocycles. The third-order valence-electron chi connectivity index (χ3n) is 9.79. The third kappa shape index (κ3) is 7.13. The number of hydrogen-bond donors (Lipinski definition) is 0. The number of rotatable bonds is 7. The first-order valence-electron chi connectivity index (χ1n) is 15.5. The minimum Gasteiger partial charge on any atom is -0.381 e. The second kappa shape index (κ2) is 13.9. The van der Waals surface area contributed by atoms with E-state index in [-0.39, 0.29) is 17.9 Å². The molecule has 5 aliphatic rings. The van der Waals surface area contributed by atoms with E-state index in [0.717, 1.165) is 58.8 Å². The summed E-state index contributed by atoms with van der Waals surface area (Å²) in [6.45, 7) is 11.0. The topological polar surface area (TPSA) is 92.6 Å². The predicted molar refractivity (Wildman–Crippen MR) is 147 cm³/mol. The molecule has 0 aromatic heterocycles. The molecule has 10 nitrogen and oxygen atoms in total. The molecule has 0 aromatic rings. The van der Waals surface area contributed by atoms with Crippen molar-refractivity contribution in [1.29, 1.82) is 5.26 Å². The number of ether oxygens (including phenoxy) is 2. The second-order valence-corrected chi connectivity index (χ2v) is 12.3. The number of morpholine rings is 1. The summed E-state index contributed by atoms with van der Waals surface area (Å²) in [7, 11) is 0. The molecule has 5 rings (SSSR count). The van der Waals surface area contributed by atoms with Crippen molar-refractivity contribution < 1.29 is 23.5 Å². The van der Waals surface area contributed by atoms with E-state index in [4.69, 9.17) is 9.47 Å². The highest BCUT2D eigenvalue weighted by Crippen LogP contribution is 2.34. The van der Waals surface area contributed by atoms with Crippen LogP contribution in [0.5, 0.6) is 0 Å². The molecule has 0 unspecified atom stereocenters. The minimum absolute atomic E-state index is 0.0403. The standard InChI is InChI=1S/C29H47FN6O4/c30-25-1-7-35(8-2-25)27(37)26(22-33-15-19-40-20-16-33)34-11-13-36(14-12-34)28(38)29(23-31)5-9-32(10-6-29)21-24-3-17-39-18-4-24/h24-26H,1-22H2/t26-/m0/s1. The fraction of sp³-hybridized carbons (Fsp3) is 0.897. The van der Waals surface area contributed by atoms with Crippen molar-refractivity contribution in [2.24, 2.45) is 11.3 Å². The molecule has 40 heavy (non-hydrogen) atoms. The molecule has 5 saturated heterocycles. The van der Waals surface area contributed by atoms with Gasteiger partial charge in [-0.15, -0.1) is 0 Å². The number of nitriles is 1. The van der Waals surface area contributed by atoms with Crippen molar-refractivity contribution >= 4 is 11.8 Å². The van der Waals surface area contributed by atoms with Crippen LogP contribution in [0.1, 0.15) is 38.5 Å². The molecule has 0 N–H and O–H groups in total. The number of likely N-dealkylation sites (tertiary alicyclic amines) is 2. The summed E-state index contributed by atoms with van der Waals surface area (Å²) in [5.41, 5.74) is -0.950.